The predicted molar refractivity (Wildman–Crippen MR) is 97.7 cm³/mol. The molecule has 1 aromatic carbocycles. The van der Waals surface area contributed by atoms with Crippen LogP contribution in [0.25, 0.3) is 6.08 Å². The number of methoxy groups -OCH3 is 1. The largest absolute Gasteiger partial charge is 0.494 e. The van der Waals surface area contributed by atoms with E-state index in [1.807, 2.05) is 0 Å². The average Bonchev–Trinajstić information content (AvgIpc) is 2.75. The van der Waals surface area contributed by atoms with Gasteiger partial charge in [0.05, 0.1) is 27.6 Å². The van der Waals surface area contributed by atoms with Gasteiger partial charge in [-0.2, -0.15) is 0 Å². The maximum atomic E-state index is 12.3. The molecule has 0 unspecified atom stereocenters. The second kappa shape index (κ2) is 8.17. The molecule has 24 heavy (non-hydrogen) atoms. The van der Waals surface area contributed by atoms with Crippen LogP contribution in [0.1, 0.15) is 12.5 Å². The molecule has 1 aromatic rings. The minimum atomic E-state index is -0.615. The number of esters is 1. The molecule has 0 N–H and O–H groups in total. The highest BCUT2D eigenvalue weighted by atomic mass is 79.9. The van der Waals surface area contributed by atoms with Crippen LogP contribution in [0.5, 0.6) is 5.75 Å². The summed E-state index contributed by atoms with van der Waals surface area (Å²) in [5, 5.41) is -0.494. The van der Waals surface area contributed by atoms with Gasteiger partial charge in [0.15, 0.2) is 0 Å². The minimum Gasteiger partial charge on any atom is -0.494 e. The summed E-state index contributed by atoms with van der Waals surface area (Å²) in [6.07, 6.45) is 1.59. The zero-order valence-corrected chi connectivity index (χ0v) is 16.8. The molecular weight excluding hydrogens is 466 g/mol. The number of carbonyl (C=O) groups is 3. The number of rotatable bonds is 5. The van der Waals surface area contributed by atoms with E-state index in [-0.39, 0.29) is 18.1 Å². The van der Waals surface area contributed by atoms with Gasteiger partial charge in [-0.15, -0.1) is 0 Å². The summed E-state index contributed by atoms with van der Waals surface area (Å²) in [5.74, 6) is -0.500. The lowest BCUT2D eigenvalue weighted by molar-refractivity contribution is -0.145. The van der Waals surface area contributed by atoms with Gasteiger partial charge in [-0.05, 0) is 74.3 Å². The molecule has 1 fully saturated rings. The number of carbonyl (C=O) groups excluding carboxylic acids is 3. The molecule has 1 aliphatic heterocycles. The first-order valence-electron chi connectivity index (χ1n) is 6.81. The predicted octanol–water partition coefficient (Wildman–Crippen LogP) is 3.82. The fourth-order valence-corrected chi connectivity index (χ4v) is 4.37. The van der Waals surface area contributed by atoms with E-state index in [1.165, 1.54) is 0 Å². The Morgan fingerprint density at radius 3 is 2.46 bits per heavy atom. The third-order valence-electron chi connectivity index (χ3n) is 2.99. The number of ether oxygens (including phenoxy) is 2. The highest BCUT2D eigenvalue weighted by Gasteiger charge is 2.36. The summed E-state index contributed by atoms with van der Waals surface area (Å²) in [6.45, 7) is 1.47. The van der Waals surface area contributed by atoms with Crippen molar-refractivity contribution in [3.8, 4) is 5.75 Å². The first-order valence-corrected chi connectivity index (χ1v) is 9.21. The Bertz CT molecular complexity index is 712. The molecule has 6 nitrogen and oxygen atoms in total. The van der Waals surface area contributed by atoms with Crippen LogP contribution in [0, 0.1) is 0 Å². The Kier molecular flexibility index (Phi) is 6.47. The van der Waals surface area contributed by atoms with Crippen LogP contribution < -0.4 is 4.74 Å². The number of thioether (sulfide) groups is 1. The van der Waals surface area contributed by atoms with Crippen molar-refractivity contribution in [2.75, 3.05) is 20.3 Å². The van der Waals surface area contributed by atoms with Crippen molar-refractivity contribution in [3.63, 3.8) is 0 Å². The van der Waals surface area contributed by atoms with Crippen LogP contribution in [0.4, 0.5) is 4.79 Å². The molecule has 0 aliphatic carbocycles. The maximum Gasteiger partial charge on any atom is 0.326 e. The second-order valence-corrected chi connectivity index (χ2v) is 7.29. The zero-order valence-electron chi connectivity index (χ0n) is 12.8. The summed E-state index contributed by atoms with van der Waals surface area (Å²) in [7, 11) is 1.55. The van der Waals surface area contributed by atoms with Gasteiger partial charge in [0.1, 0.15) is 12.3 Å². The summed E-state index contributed by atoms with van der Waals surface area (Å²) in [6, 6.07) is 3.53. The number of imide groups is 1. The van der Waals surface area contributed by atoms with E-state index in [2.05, 4.69) is 31.9 Å². The van der Waals surface area contributed by atoms with Gasteiger partial charge in [0.25, 0.3) is 11.1 Å². The van der Waals surface area contributed by atoms with E-state index in [9.17, 15) is 14.4 Å². The second-order valence-electron chi connectivity index (χ2n) is 4.59. The van der Waals surface area contributed by atoms with Crippen molar-refractivity contribution in [3.05, 3.63) is 31.5 Å². The van der Waals surface area contributed by atoms with E-state index in [4.69, 9.17) is 9.47 Å². The van der Waals surface area contributed by atoms with Gasteiger partial charge in [-0.1, -0.05) is 0 Å². The molecule has 128 valence electrons. The molecule has 1 saturated heterocycles. The molecule has 1 aliphatic rings. The lowest BCUT2D eigenvalue weighted by atomic mass is 10.2. The van der Waals surface area contributed by atoms with Crippen molar-refractivity contribution in [1.29, 1.82) is 0 Å². The van der Waals surface area contributed by atoms with Gasteiger partial charge in [0.2, 0.25) is 0 Å². The molecule has 9 heteroatoms. The number of nitrogens with zero attached hydrogens (tertiary/aromatic N) is 1. The fourth-order valence-electron chi connectivity index (χ4n) is 1.98. The average molecular weight is 479 g/mol. The summed E-state index contributed by atoms with van der Waals surface area (Å²) < 4.78 is 11.4. The Balaban J connectivity index is 2.24. The Morgan fingerprint density at radius 2 is 1.92 bits per heavy atom. The molecule has 0 aromatic heterocycles. The molecule has 0 atom stereocenters. The summed E-state index contributed by atoms with van der Waals surface area (Å²) in [4.78, 5) is 36.9. The number of halogens is 2. The van der Waals surface area contributed by atoms with Crippen LogP contribution in [-0.4, -0.2) is 42.3 Å². The van der Waals surface area contributed by atoms with Crippen molar-refractivity contribution < 1.29 is 23.9 Å². The minimum absolute atomic E-state index is 0.193. The standard InChI is InChI=1S/C15H13Br2NO5S/c1-3-23-12(19)7-18-14(20)11(24-15(18)21)6-8-4-9(16)13(22-2)10(17)5-8/h4-6H,3,7H2,1-2H3/b11-6+. The van der Waals surface area contributed by atoms with E-state index >= 15 is 0 Å². The van der Waals surface area contributed by atoms with Crippen molar-refractivity contribution in [2.24, 2.45) is 0 Å². The lowest BCUT2D eigenvalue weighted by Gasteiger charge is -2.10. The summed E-state index contributed by atoms with van der Waals surface area (Å²) >= 11 is 7.55. The lowest BCUT2D eigenvalue weighted by Crippen LogP contribution is -2.34. The monoisotopic (exact) mass is 477 g/mol. The third kappa shape index (κ3) is 4.20. The molecule has 0 radical (unpaired) electrons. The van der Waals surface area contributed by atoms with Gasteiger partial charge < -0.3 is 9.47 Å². The van der Waals surface area contributed by atoms with Crippen LogP contribution >= 0.6 is 43.6 Å². The van der Waals surface area contributed by atoms with Crippen molar-refractivity contribution in [1.82, 2.24) is 4.90 Å². The number of amides is 2. The Morgan fingerprint density at radius 1 is 1.29 bits per heavy atom. The molecule has 0 spiro atoms. The molecule has 0 bridgehead atoms. The molecular formula is C15H13Br2NO5S. The van der Waals surface area contributed by atoms with Crippen LogP contribution in [0.3, 0.4) is 0 Å². The molecule has 2 rings (SSSR count). The van der Waals surface area contributed by atoms with Gasteiger partial charge in [-0.3, -0.25) is 19.3 Å². The zero-order chi connectivity index (χ0) is 17.9. The molecule has 1 heterocycles. The Hall–Kier alpha value is -1.32. The van der Waals surface area contributed by atoms with E-state index in [1.54, 1.807) is 32.2 Å². The smallest absolute Gasteiger partial charge is 0.326 e. The summed E-state index contributed by atoms with van der Waals surface area (Å²) in [5.41, 5.74) is 0.705. The van der Waals surface area contributed by atoms with Crippen LogP contribution in [0.2, 0.25) is 0 Å². The SMILES string of the molecule is CCOC(=O)CN1C(=O)S/C(=C/c2cc(Br)c(OC)c(Br)c2)C1=O. The highest BCUT2D eigenvalue weighted by molar-refractivity contribution is 9.11. The normalized spacial score (nSPS) is 16.0. The quantitative estimate of drug-likeness (QED) is 0.473. The van der Waals surface area contributed by atoms with Crippen LogP contribution in [0.15, 0.2) is 26.0 Å². The Labute approximate surface area is 159 Å². The number of benzene rings is 1. The van der Waals surface area contributed by atoms with E-state index < -0.39 is 17.1 Å². The first-order chi connectivity index (χ1) is 11.4. The van der Waals surface area contributed by atoms with E-state index in [0.29, 0.717) is 20.3 Å². The topological polar surface area (TPSA) is 72.9 Å². The maximum absolute atomic E-state index is 12.3. The van der Waals surface area contributed by atoms with Crippen molar-refractivity contribution in [2.45, 2.75) is 6.92 Å². The first kappa shape index (κ1) is 19.0. The van der Waals surface area contributed by atoms with E-state index in [0.717, 1.165) is 16.7 Å². The van der Waals surface area contributed by atoms with Gasteiger partial charge in [-0.25, -0.2) is 0 Å². The molecule has 0 saturated carbocycles. The molecule has 2 amide bonds. The van der Waals surface area contributed by atoms with Crippen molar-refractivity contribution >= 4 is 66.8 Å². The highest BCUT2D eigenvalue weighted by Crippen LogP contribution is 2.37. The third-order valence-corrected chi connectivity index (χ3v) is 5.07. The fraction of sp³-hybridized carbons (Fsp3) is 0.267. The van der Waals surface area contributed by atoms with Gasteiger partial charge in [0, 0.05) is 0 Å². The van der Waals surface area contributed by atoms with Gasteiger partial charge >= 0.3 is 5.97 Å². The van der Waals surface area contributed by atoms with Crippen LogP contribution in [-0.2, 0) is 14.3 Å². The number of hydrogen-bond donors (Lipinski definition) is 0. The number of hydrogen-bond acceptors (Lipinski definition) is 6.